The smallest absolute Gasteiger partial charge is 0.142 e. The van der Waals surface area contributed by atoms with Gasteiger partial charge in [0, 0.05) is 13.2 Å². The van der Waals surface area contributed by atoms with Crippen molar-refractivity contribution < 1.29 is 0 Å². The average molecular weight is 249 g/mol. The van der Waals surface area contributed by atoms with Crippen LogP contribution in [0.5, 0.6) is 0 Å². The minimum atomic E-state index is 0.982. The van der Waals surface area contributed by atoms with Crippen LogP contribution in [0.15, 0.2) is 12.8 Å². The Kier molecular flexibility index (Phi) is 2.31. The SMILES string of the molecule is C=Cn1ncc(I)c1NC. The lowest BCUT2D eigenvalue weighted by Crippen LogP contribution is -1.97. The van der Waals surface area contributed by atoms with E-state index in [1.165, 1.54) is 0 Å². The van der Waals surface area contributed by atoms with E-state index in [0.29, 0.717) is 0 Å². The van der Waals surface area contributed by atoms with Gasteiger partial charge in [-0.15, -0.1) is 0 Å². The molecule has 0 unspecified atom stereocenters. The molecule has 0 radical (unpaired) electrons. The predicted molar refractivity (Wildman–Crippen MR) is 50.9 cm³/mol. The first-order chi connectivity index (χ1) is 4.79. The third-order valence-corrected chi connectivity index (χ3v) is 1.95. The topological polar surface area (TPSA) is 29.9 Å². The highest BCUT2D eigenvalue weighted by atomic mass is 127. The fourth-order valence-corrected chi connectivity index (χ4v) is 1.35. The number of hydrogen-bond donors (Lipinski definition) is 1. The Labute approximate surface area is 73.3 Å². The molecule has 0 fully saturated rings. The zero-order chi connectivity index (χ0) is 7.56. The van der Waals surface area contributed by atoms with Crippen LogP contribution in [0.3, 0.4) is 0 Å². The van der Waals surface area contributed by atoms with Gasteiger partial charge in [0.2, 0.25) is 0 Å². The van der Waals surface area contributed by atoms with Gasteiger partial charge in [0.05, 0.1) is 9.77 Å². The molecule has 4 heteroatoms. The summed E-state index contributed by atoms with van der Waals surface area (Å²) >= 11 is 2.21. The van der Waals surface area contributed by atoms with E-state index < -0.39 is 0 Å². The van der Waals surface area contributed by atoms with Crippen LogP contribution in [0.1, 0.15) is 0 Å². The number of anilines is 1. The lowest BCUT2D eigenvalue weighted by molar-refractivity contribution is 0.940. The van der Waals surface area contributed by atoms with E-state index in [4.69, 9.17) is 0 Å². The maximum absolute atomic E-state index is 4.03. The molecule has 0 aliphatic heterocycles. The van der Waals surface area contributed by atoms with E-state index in [1.807, 2.05) is 7.05 Å². The molecule has 0 aromatic carbocycles. The molecule has 1 aromatic rings. The molecule has 10 heavy (non-hydrogen) atoms. The molecule has 0 bridgehead atoms. The molecule has 0 amide bonds. The molecule has 0 spiro atoms. The summed E-state index contributed by atoms with van der Waals surface area (Å²) in [5.74, 6) is 0.982. The van der Waals surface area contributed by atoms with Crippen LogP contribution in [0.2, 0.25) is 0 Å². The Balaban J connectivity index is 3.12. The molecule has 0 atom stereocenters. The van der Waals surface area contributed by atoms with Crippen molar-refractivity contribution >= 4 is 34.6 Å². The first-order valence-corrected chi connectivity index (χ1v) is 3.90. The standard InChI is InChI=1S/C6H8IN3/c1-3-10-6(8-2)5(7)4-9-10/h3-4,8H,1H2,2H3. The predicted octanol–water partition coefficient (Wildman–Crippen LogP) is 1.63. The second kappa shape index (κ2) is 3.05. The van der Waals surface area contributed by atoms with Gasteiger partial charge in [-0.05, 0) is 22.6 Å². The highest BCUT2D eigenvalue weighted by Gasteiger charge is 2.01. The van der Waals surface area contributed by atoms with Gasteiger partial charge in [0.25, 0.3) is 0 Å². The van der Waals surface area contributed by atoms with Gasteiger partial charge in [-0.25, -0.2) is 4.68 Å². The highest BCUT2D eigenvalue weighted by Crippen LogP contribution is 2.15. The third-order valence-electron chi connectivity index (χ3n) is 1.16. The zero-order valence-electron chi connectivity index (χ0n) is 5.63. The van der Waals surface area contributed by atoms with Crippen molar-refractivity contribution in [1.29, 1.82) is 0 Å². The number of aromatic nitrogens is 2. The molecular weight excluding hydrogens is 241 g/mol. The Hall–Kier alpha value is -0.520. The summed E-state index contributed by atoms with van der Waals surface area (Å²) < 4.78 is 2.79. The van der Waals surface area contributed by atoms with Crippen LogP contribution >= 0.6 is 22.6 Å². The summed E-state index contributed by atoms with van der Waals surface area (Å²) in [6.07, 6.45) is 3.45. The van der Waals surface area contributed by atoms with Crippen LogP contribution in [0, 0.1) is 3.57 Å². The van der Waals surface area contributed by atoms with Gasteiger partial charge in [-0.2, -0.15) is 5.10 Å². The molecule has 3 nitrogen and oxygen atoms in total. The zero-order valence-corrected chi connectivity index (χ0v) is 7.79. The van der Waals surface area contributed by atoms with E-state index in [0.717, 1.165) is 9.39 Å². The molecule has 1 aromatic heterocycles. The van der Waals surface area contributed by atoms with Crippen molar-refractivity contribution in [1.82, 2.24) is 9.78 Å². The van der Waals surface area contributed by atoms with Crippen LogP contribution in [-0.4, -0.2) is 16.8 Å². The molecule has 0 aliphatic carbocycles. The summed E-state index contributed by atoms with van der Waals surface area (Å²) in [7, 11) is 1.86. The van der Waals surface area contributed by atoms with Gasteiger partial charge in [0.1, 0.15) is 5.82 Å². The minimum Gasteiger partial charge on any atom is -0.372 e. The monoisotopic (exact) mass is 249 g/mol. The first kappa shape index (κ1) is 7.59. The van der Waals surface area contributed by atoms with Crippen molar-refractivity contribution in [3.63, 3.8) is 0 Å². The molecule has 1 N–H and O–H groups in total. The van der Waals surface area contributed by atoms with Gasteiger partial charge < -0.3 is 5.32 Å². The lowest BCUT2D eigenvalue weighted by atomic mass is 10.6. The Morgan fingerprint density at radius 2 is 2.60 bits per heavy atom. The molecule has 1 rings (SSSR count). The minimum absolute atomic E-state index is 0.982. The van der Waals surface area contributed by atoms with Gasteiger partial charge in [-0.3, -0.25) is 0 Å². The molecule has 54 valence electrons. The third kappa shape index (κ3) is 1.16. The first-order valence-electron chi connectivity index (χ1n) is 2.83. The van der Waals surface area contributed by atoms with E-state index in [1.54, 1.807) is 17.1 Å². The molecule has 0 aliphatic rings. The summed E-state index contributed by atoms with van der Waals surface area (Å²) in [5.41, 5.74) is 0. The van der Waals surface area contributed by atoms with Crippen LogP contribution in [0.4, 0.5) is 5.82 Å². The fourth-order valence-electron chi connectivity index (χ4n) is 0.714. The van der Waals surface area contributed by atoms with Crippen molar-refractivity contribution in [2.75, 3.05) is 12.4 Å². The molecule has 0 saturated heterocycles. The average Bonchev–Trinajstić information content (AvgIpc) is 2.30. The number of halogens is 1. The van der Waals surface area contributed by atoms with E-state index in [2.05, 4.69) is 39.6 Å². The Morgan fingerprint density at radius 3 is 3.00 bits per heavy atom. The maximum Gasteiger partial charge on any atom is 0.142 e. The molecule has 0 saturated carbocycles. The van der Waals surface area contributed by atoms with Gasteiger partial charge >= 0.3 is 0 Å². The molecular formula is C6H8IN3. The number of rotatable bonds is 2. The van der Waals surface area contributed by atoms with Crippen LogP contribution in [0.25, 0.3) is 6.20 Å². The number of hydrogen-bond acceptors (Lipinski definition) is 2. The van der Waals surface area contributed by atoms with E-state index >= 15 is 0 Å². The summed E-state index contributed by atoms with van der Waals surface area (Å²) in [4.78, 5) is 0. The lowest BCUT2D eigenvalue weighted by Gasteiger charge is -1.99. The van der Waals surface area contributed by atoms with Crippen molar-refractivity contribution in [2.24, 2.45) is 0 Å². The van der Waals surface area contributed by atoms with Gasteiger partial charge in [0.15, 0.2) is 0 Å². The number of nitrogens with one attached hydrogen (secondary N) is 1. The van der Waals surface area contributed by atoms with E-state index in [-0.39, 0.29) is 0 Å². The van der Waals surface area contributed by atoms with E-state index in [9.17, 15) is 0 Å². The largest absolute Gasteiger partial charge is 0.372 e. The number of nitrogens with zero attached hydrogens (tertiary/aromatic N) is 2. The quantitative estimate of drug-likeness (QED) is 0.807. The normalized spacial score (nSPS) is 9.40. The molecule has 1 heterocycles. The fraction of sp³-hybridized carbons (Fsp3) is 0.167. The maximum atomic E-state index is 4.03. The van der Waals surface area contributed by atoms with Crippen molar-refractivity contribution in [3.05, 3.63) is 16.3 Å². The van der Waals surface area contributed by atoms with Gasteiger partial charge in [-0.1, -0.05) is 6.58 Å². The van der Waals surface area contributed by atoms with Crippen molar-refractivity contribution in [2.45, 2.75) is 0 Å². The van der Waals surface area contributed by atoms with Crippen LogP contribution in [-0.2, 0) is 0 Å². The second-order valence-electron chi connectivity index (χ2n) is 1.72. The van der Waals surface area contributed by atoms with Crippen molar-refractivity contribution in [3.8, 4) is 0 Å². The Bertz CT molecular complexity index is 241. The summed E-state index contributed by atoms with van der Waals surface area (Å²) in [6, 6.07) is 0. The van der Waals surface area contributed by atoms with Crippen LogP contribution < -0.4 is 5.32 Å². The summed E-state index contributed by atoms with van der Waals surface area (Å²) in [6.45, 7) is 3.61. The summed E-state index contributed by atoms with van der Waals surface area (Å²) in [5, 5.41) is 7.05. The highest BCUT2D eigenvalue weighted by molar-refractivity contribution is 14.1. The second-order valence-corrected chi connectivity index (χ2v) is 2.88. The Morgan fingerprint density at radius 1 is 1.90 bits per heavy atom.